The van der Waals surface area contributed by atoms with Crippen molar-refractivity contribution in [2.45, 2.75) is 55.8 Å². The van der Waals surface area contributed by atoms with Crippen LogP contribution in [0, 0.1) is 0 Å². The number of aromatic nitrogens is 4. The van der Waals surface area contributed by atoms with Crippen LogP contribution in [0.2, 0.25) is 0 Å². The topological polar surface area (TPSA) is 73.1 Å². The largest absolute Gasteiger partial charge is 0.376 e. The molecule has 134 valence electrons. The summed E-state index contributed by atoms with van der Waals surface area (Å²) in [6.07, 6.45) is 3.25. The van der Waals surface area contributed by atoms with Gasteiger partial charge in [-0.05, 0) is 53.6 Å². The summed E-state index contributed by atoms with van der Waals surface area (Å²) < 4.78 is 7.42. The van der Waals surface area contributed by atoms with Crippen molar-refractivity contribution in [3.05, 3.63) is 21.9 Å². The molecule has 2 aliphatic heterocycles. The highest BCUT2D eigenvalue weighted by atomic mass is 32.2. The van der Waals surface area contributed by atoms with E-state index in [4.69, 9.17) is 4.74 Å². The predicted octanol–water partition coefficient (Wildman–Crippen LogP) is 1.98. The van der Waals surface area contributed by atoms with E-state index in [2.05, 4.69) is 27.0 Å². The molecular formula is C16H21N5O2S2. The van der Waals surface area contributed by atoms with Crippen molar-refractivity contribution in [3.8, 4) is 0 Å². The Hall–Kier alpha value is -1.45. The molecule has 2 aliphatic rings. The summed E-state index contributed by atoms with van der Waals surface area (Å²) in [4.78, 5) is 16.2. The normalized spacial score (nSPS) is 21.3. The number of fused-ring (bicyclic) bond motifs is 1. The first-order valence-electron chi connectivity index (χ1n) is 8.59. The Morgan fingerprint density at radius 1 is 1.56 bits per heavy atom. The second-order valence-corrected chi connectivity index (χ2v) is 8.73. The van der Waals surface area contributed by atoms with Gasteiger partial charge in [-0.2, -0.15) is 0 Å². The average Bonchev–Trinajstić information content (AvgIpc) is 3.36. The summed E-state index contributed by atoms with van der Waals surface area (Å²) in [6.45, 7) is 4.89. The maximum absolute atomic E-state index is 12.8. The molecule has 0 aromatic carbocycles. The van der Waals surface area contributed by atoms with Gasteiger partial charge in [-0.15, -0.1) is 16.4 Å². The van der Waals surface area contributed by atoms with E-state index >= 15 is 0 Å². The molecule has 4 heterocycles. The zero-order valence-corrected chi connectivity index (χ0v) is 15.8. The van der Waals surface area contributed by atoms with E-state index in [9.17, 15) is 4.79 Å². The number of tetrazole rings is 1. The quantitative estimate of drug-likeness (QED) is 0.740. The predicted molar refractivity (Wildman–Crippen MR) is 95.6 cm³/mol. The number of thioether (sulfide) groups is 1. The monoisotopic (exact) mass is 379 g/mol. The average molecular weight is 380 g/mol. The van der Waals surface area contributed by atoms with E-state index in [1.165, 1.54) is 22.2 Å². The number of amides is 1. The van der Waals surface area contributed by atoms with Gasteiger partial charge < -0.3 is 9.64 Å². The lowest BCUT2D eigenvalue weighted by Gasteiger charge is -2.29. The maximum atomic E-state index is 12.8. The van der Waals surface area contributed by atoms with E-state index < -0.39 is 0 Å². The molecule has 25 heavy (non-hydrogen) atoms. The van der Waals surface area contributed by atoms with Crippen molar-refractivity contribution < 1.29 is 9.53 Å². The zero-order valence-electron chi connectivity index (χ0n) is 14.1. The minimum absolute atomic E-state index is 0.147. The Kier molecular flexibility index (Phi) is 5.05. The molecule has 9 heteroatoms. The SMILES string of the molecule is CC(Sc1nnnn1CC1CCCO1)C(=O)N1CCc2sccc2C1. The summed E-state index contributed by atoms with van der Waals surface area (Å²) in [5, 5.41) is 14.5. The van der Waals surface area contributed by atoms with Crippen molar-refractivity contribution >= 4 is 29.0 Å². The molecule has 2 unspecified atom stereocenters. The van der Waals surface area contributed by atoms with E-state index in [0.29, 0.717) is 18.2 Å². The molecular weight excluding hydrogens is 358 g/mol. The third kappa shape index (κ3) is 3.73. The number of rotatable bonds is 5. The first kappa shape index (κ1) is 17.0. The summed E-state index contributed by atoms with van der Waals surface area (Å²) >= 11 is 3.21. The smallest absolute Gasteiger partial charge is 0.236 e. The molecule has 2 aromatic rings. The molecule has 2 atom stereocenters. The fourth-order valence-corrected chi connectivity index (χ4v) is 5.05. The molecule has 1 amide bonds. The van der Waals surface area contributed by atoms with Crippen LogP contribution in [0.1, 0.15) is 30.2 Å². The molecule has 0 radical (unpaired) electrons. The minimum atomic E-state index is -0.213. The summed E-state index contributed by atoms with van der Waals surface area (Å²) in [5.74, 6) is 0.147. The van der Waals surface area contributed by atoms with Gasteiger partial charge in [0.2, 0.25) is 11.1 Å². The van der Waals surface area contributed by atoms with Crippen LogP contribution in [0.3, 0.4) is 0 Å². The Bertz CT molecular complexity index is 740. The van der Waals surface area contributed by atoms with Crippen LogP contribution in [-0.2, 0) is 29.0 Å². The van der Waals surface area contributed by atoms with Gasteiger partial charge in [0.15, 0.2) is 0 Å². The number of hydrogen-bond acceptors (Lipinski definition) is 7. The number of thiophene rings is 1. The highest BCUT2D eigenvalue weighted by Crippen LogP contribution is 2.28. The van der Waals surface area contributed by atoms with Gasteiger partial charge in [-0.25, -0.2) is 4.68 Å². The van der Waals surface area contributed by atoms with Crippen LogP contribution in [0.4, 0.5) is 0 Å². The van der Waals surface area contributed by atoms with Crippen molar-refractivity contribution in [2.75, 3.05) is 13.2 Å². The number of hydrogen-bond donors (Lipinski definition) is 0. The first-order chi connectivity index (χ1) is 12.2. The molecule has 0 N–H and O–H groups in total. The van der Waals surface area contributed by atoms with Crippen molar-refractivity contribution in [1.29, 1.82) is 0 Å². The third-order valence-corrected chi connectivity index (χ3v) is 6.73. The lowest BCUT2D eigenvalue weighted by molar-refractivity contribution is -0.131. The fourth-order valence-electron chi connectivity index (χ4n) is 3.28. The molecule has 0 saturated carbocycles. The minimum Gasteiger partial charge on any atom is -0.376 e. The zero-order chi connectivity index (χ0) is 17.2. The van der Waals surface area contributed by atoms with Crippen molar-refractivity contribution in [2.24, 2.45) is 0 Å². The van der Waals surface area contributed by atoms with Gasteiger partial charge >= 0.3 is 0 Å². The Labute approximate surface area is 154 Å². The molecule has 2 aromatic heterocycles. The lowest BCUT2D eigenvalue weighted by Crippen LogP contribution is -2.39. The van der Waals surface area contributed by atoms with Crippen LogP contribution in [0.15, 0.2) is 16.6 Å². The summed E-state index contributed by atoms with van der Waals surface area (Å²) in [6, 6.07) is 2.12. The van der Waals surface area contributed by atoms with E-state index in [1.807, 2.05) is 11.8 Å². The van der Waals surface area contributed by atoms with Gasteiger partial charge in [0, 0.05) is 24.6 Å². The Morgan fingerprint density at radius 2 is 2.48 bits per heavy atom. The van der Waals surface area contributed by atoms with Crippen molar-refractivity contribution in [1.82, 2.24) is 25.1 Å². The standard InChI is InChI=1S/C16H21N5O2S2/c1-11(15(22)20-6-4-14-12(9-20)5-8-24-14)25-16-17-18-19-21(16)10-13-3-2-7-23-13/h5,8,11,13H,2-4,6-7,9-10H2,1H3. The molecule has 0 aliphatic carbocycles. The number of nitrogens with zero attached hydrogens (tertiary/aromatic N) is 5. The van der Waals surface area contributed by atoms with Gasteiger partial charge in [0.05, 0.1) is 17.9 Å². The maximum Gasteiger partial charge on any atom is 0.236 e. The molecule has 4 rings (SSSR count). The fraction of sp³-hybridized carbons (Fsp3) is 0.625. The summed E-state index contributed by atoms with van der Waals surface area (Å²) in [7, 11) is 0. The van der Waals surface area contributed by atoms with Crippen LogP contribution in [-0.4, -0.2) is 55.5 Å². The van der Waals surface area contributed by atoms with Gasteiger partial charge in [0.1, 0.15) is 0 Å². The summed E-state index contributed by atoms with van der Waals surface area (Å²) in [5.41, 5.74) is 1.28. The molecule has 1 saturated heterocycles. The van der Waals surface area contributed by atoms with E-state index in [1.54, 1.807) is 16.0 Å². The molecule has 1 fully saturated rings. The van der Waals surface area contributed by atoms with Crippen LogP contribution >= 0.6 is 23.1 Å². The Balaban J connectivity index is 1.38. The molecule has 0 bridgehead atoms. The molecule has 0 spiro atoms. The number of ether oxygens (including phenoxy) is 1. The van der Waals surface area contributed by atoms with Crippen LogP contribution < -0.4 is 0 Å². The second kappa shape index (κ2) is 7.43. The Morgan fingerprint density at radius 3 is 3.32 bits per heavy atom. The first-order valence-corrected chi connectivity index (χ1v) is 10.3. The van der Waals surface area contributed by atoms with Crippen molar-refractivity contribution in [3.63, 3.8) is 0 Å². The van der Waals surface area contributed by atoms with Crippen LogP contribution in [0.25, 0.3) is 0 Å². The van der Waals surface area contributed by atoms with E-state index in [0.717, 1.165) is 32.4 Å². The number of carbonyl (C=O) groups is 1. The van der Waals surface area contributed by atoms with Gasteiger partial charge in [-0.1, -0.05) is 11.8 Å². The highest BCUT2D eigenvalue weighted by molar-refractivity contribution is 8.00. The highest BCUT2D eigenvalue weighted by Gasteiger charge is 2.28. The number of carbonyl (C=O) groups excluding carboxylic acids is 1. The molecule has 7 nitrogen and oxygen atoms in total. The van der Waals surface area contributed by atoms with Crippen LogP contribution in [0.5, 0.6) is 0 Å². The van der Waals surface area contributed by atoms with E-state index in [-0.39, 0.29) is 17.3 Å². The third-order valence-electron chi connectivity index (χ3n) is 4.65. The lowest BCUT2D eigenvalue weighted by atomic mass is 10.1. The van der Waals surface area contributed by atoms with Gasteiger partial charge in [-0.3, -0.25) is 4.79 Å². The second-order valence-electron chi connectivity index (χ2n) is 6.42. The van der Waals surface area contributed by atoms with Gasteiger partial charge in [0.25, 0.3) is 0 Å².